The number of para-hydroxylation sites is 1. The molecule has 0 unspecified atom stereocenters. The zero-order valence-corrected chi connectivity index (χ0v) is 13.3. The molecule has 2 aromatic carbocycles. The second kappa shape index (κ2) is 7.13. The van der Waals surface area contributed by atoms with Gasteiger partial charge in [-0.3, -0.25) is 4.79 Å². The van der Waals surface area contributed by atoms with E-state index in [0.717, 1.165) is 16.3 Å². The molecule has 0 heterocycles. The predicted octanol–water partition coefficient (Wildman–Crippen LogP) is 3.86. The normalized spacial score (nSPS) is 10.0. The molecule has 2 rings (SSSR count). The molecule has 0 aliphatic carbocycles. The van der Waals surface area contributed by atoms with Crippen LogP contribution in [0.5, 0.6) is 17.2 Å². The summed E-state index contributed by atoms with van der Waals surface area (Å²) in [7, 11) is 3.17. The highest BCUT2D eigenvalue weighted by molar-refractivity contribution is 9.10. The van der Waals surface area contributed by atoms with E-state index in [-0.39, 0.29) is 6.61 Å². The van der Waals surface area contributed by atoms with E-state index >= 15 is 0 Å². The first-order chi connectivity index (χ1) is 10.2. The molecule has 0 aromatic heterocycles. The molecule has 4 nitrogen and oxygen atoms in total. The molecule has 5 heteroatoms. The summed E-state index contributed by atoms with van der Waals surface area (Å²) in [5.41, 5.74) is 1.37. The number of methoxy groups -OCH3 is 2. The molecule has 0 saturated carbocycles. The van der Waals surface area contributed by atoms with Crippen LogP contribution in [0.15, 0.2) is 40.9 Å². The lowest BCUT2D eigenvalue weighted by Crippen LogP contribution is -2.01. The fraction of sp³-hybridized carbons (Fsp3) is 0.188. The van der Waals surface area contributed by atoms with Crippen molar-refractivity contribution in [3.05, 3.63) is 52.0 Å². The van der Waals surface area contributed by atoms with E-state index in [1.165, 1.54) is 0 Å². The smallest absolute Gasteiger partial charge is 0.175 e. The molecular weight excluding hydrogens is 336 g/mol. The van der Waals surface area contributed by atoms with Gasteiger partial charge in [-0.05, 0) is 46.3 Å². The summed E-state index contributed by atoms with van der Waals surface area (Å²) in [5.74, 6) is 1.92. The quantitative estimate of drug-likeness (QED) is 0.742. The van der Waals surface area contributed by atoms with Crippen LogP contribution in [0.1, 0.15) is 15.9 Å². The number of carbonyl (C=O) groups is 1. The number of hydrogen-bond donors (Lipinski definition) is 0. The Labute approximate surface area is 131 Å². The van der Waals surface area contributed by atoms with Crippen LogP contribution in [0.2, 0.25) is 0 Å². The van der Waals surface area contributed by atoms with Crippen molar-refractivity contribution in [1.82, 2.24) is 0 Å². The van der Waals surface area contributed by atoms with Gasteiger partial charge in [0, 0.05) is 11.1 Å². The standard InChI is InChI=1S/C16H15BrO4/c1-19-14-7-6-11(9-18)8-12(14)10-21-16-13(17)4-3-5-15(16)20-2/h3-9H,10H2,1-2H3. The van der Waals surface area contributed by atoms with E-state index in [4.69, 9.17) is 14.2 Å². The third-order valence-electron chi connectivity index (χ3n) is 2.96. The zero-order chi connectivity index (χ0) is 15.2. The van der Waals surface area contributed by atoms with E-state index in [1.807, 2.05) is 18.2 Å². The van der Waals surface area contributed by atoms with Crippen molar-refractivity contribution >= 4 is 22.2 Å². The van der Waals surface area contributed by atoms with Gasteiger partial charge in [0.05, 0.1) is 18.7 Å². The molecule has 0 bridgehead atoms. The molecule has 110 valence electrons. The van der Waals surface area contributed by atoms with Crippen molar-refractivity contribution in [3.8, 4) is 17.2 Å². The molecule has 2 aromatic rings. The van der Waals surface area contributed by atoms with Gasteiger partial charge in [0.2, 0.25) is 0 Å². The van der Waals surface area contributed by atoms with E-state index in [0.29, 0.717) is 22.8 Å². The summed E-state index contributed by atoms with van der Waals surface area (Å²) in [4.78, 5) is 10.9. The maximum Gasteiger partial charge on any atom is 0.175 e. The van der Waals surface area contributed by atoms with Gasteiger partial charge >= 0.3 is 0 Å². The Morgan fingerprint density at radius 2 is 1.86 bits per heavy atom. The van der Waals surface area contributed by atoms with Crippen LogP contribution in [-0.4, -0.2) is 20.5 Å². The highest BCUT2D eigenvalue weighted by Gasteiger charge is 2.11. The van der Waals surface area contributed by atoms with Crippen LogP contribution >= 0.6 is 15.9 Å². The van der Waals surface area contributed by atoms with Crippen LogP contribution in [0.3, 0.4) is 0 Å². The molecule has 0 saturated heterocycles. The van der Waals surface area contributed by atoms with Gasteiger partial charge < -0.3 is 14.2 Å². The molecule has 0 atom stereocenters. The number of aldehydes is 1. The zero-order valence-electron chi connectivity index (χ0n) is 11.8. The molecule has 0 fully saturated rings. The monoisotopic (exact) mass is 350 g/mol. The van der Waals surface area contributed by atoms with E-state index < -0.39 is 0 Å². The van der Waals surface area contributed by atoms with Crippen LogP contribution in [0.25, 0.3) is 0 Å². The van der Waals surface area contributed by atoms with E-state index in [9.17, 15) is 4.79 Å². The van der Waals surface area contributed by atoms with Crippen molar-refractivity contribution in [1.29, 1.82) is 0 Å². The summed E-state index contributed by atoms with van der Waals surface area (Å²) < 4.78 is 17.2. The minimum Gasteiger partial charge on any atom is -0.496 e. The van der Waals surface area contributed by atoms with Crippen molar-refractivity contribution in [2.75, 3.05) is 14.2 Å². The molecule has 21 heavy (non-hydrogen) atoms. The summed E-state index contributed by atoms with van der Waals surface area (Å²) in [6, 6.07) is 10.8. The molecule has 0 radical (unpaired) electrons. The number of rotatable bonds is 6. The van der Waals surface area contributed by atoms with Gasteiger partial charge in [-0.15, -0.1) is 0 Å². The van der Waals surface area contributed by atoms with Crippen molar-refractivity contribution in [3.63, 3.8) is 0 Å². The Bertz CT molecular complexity index is 640. The van der Waals surface area contributed by atoms with Gasteiger partial charge in [-0.25, -0.2) is 0 Å². The Morgan fingerprint density at radius 1 is 1.10 bits per heavy atom. The first-order valence-electron chi connectivity index (χ1n) is 6.27. The number of ether oxygens (including phenoxy) is 3. The Kier molecular flexibility index (Phi) is 5.22. The lowest BCUT2D eigenvalue weighted by molar-refractivity contribution is 0.112. The van der Waals surface area contributed by atoms with Crippen LogP contribution in [-0.2, 0) is 6.61 Å². The Morgan fingerprint density at radius 3 is 2.52 bits per heavy atom. The first kappa shape index (κ1) is 15.4. The molecular formula is C16H15BrO4. The van der Waals surface area contributed by atoms with Crippen LogP contribution < -0.4 is 14.2 Å². The van der Waals surface area contributed by atoms with Crippen LogP contribution in [0, 0.1) is 0 Å². The number of benzene rings is 2. The van der Waals surface area contributed by atoms with E-state index in [1.54, 1.807) is 32.4 Å². The van der Waals surface area contributed by atoms with Gasteiger partial charge in [0.1, 0.15) is 18.6 Å². The number of halogens is 1. The number of hydrogen-bond acceptors (Lipinski definition) is 4. The second-order valence-corrected chi connectivity index (χ2v) is 5.10. The highest BCUT2D eigenvalue weighted by Crippen LogP contribution is 2.36. The SMILES string of the molecule is COc1ccc(C=O)cc1COc1c(Br)cccc1OC. The van der Waals surface area contributed by atoms with Crippen molar-refractivity contribution in [2.45, 2.75) is 6.61 Å². The average molecular weight is 351 g/mol. The Hall–Kier alpha value is -2.01. The van der Waals surface area contributed by atoms with Gasteiger partial charge in [-0.1, -0.05) is 6.07 Å². The van der Waals surface area contributed by atoms with Crippen molar-refractivity contribution in [2.24, 2.45) is 0 Å². The predicted molar refractivity (Wildman–Crippen MR) is 83.4 cm³/mol. The maximum absolute atomic E-state index is 10.9. The summed E-state index contributed by atoms with van der Waals surface area (Å²) >= 11 is 3.43. The fourth-order valence-corrected chi connectivity index (χ4v) is 2.39. The molecule has 0 spiro atoms. The lowest BCUT2D eigenvalue weighted by atomic mass is 10.1. The summed E-state index contributed by atoms with van der Waals surface area (Å²) in [5, 5.41) is 0. The van der Waals surface area contributed by atoms with Crippen molar-refractivity contribution < 1.29 is 19.0 Å². The lowest BCUT2D eigenvalue weighted by Gasteiger charge is -2.14. The van der Waals surface area contributed by atoms with Crippen LogP contribution in [0.4, 0.5) is 0 Å². The minimum atomic E-state index is 0.268. The minimum absolute atomic E-state index is 0.268. The fourth-order valence-electron chi connectivity index (χ4n) is 1.92. The third-order valence-corrected chi connectivity index (χ3v) is 3.59. The molecule has 0 N–H and O–H groups in total. The largest absolute Gasteiger partial charge is 0.496 e. The van der Waals surface area contributed by atoms with Gasteiger partial charge in [0.25, 0.3) is 0 Å². The molecule has 0 aliphatic heterocycles. The highest BCUT2D eigenvalue weighted by atomic mass is 79.9. The van der Waals surface area contributed by atoms with E-state index in [2.05, 4.69) is 15.9 Å². The maximum atomic E-state index is 10.9. The summed E-state index contributed by atoms with van der Waals surface area (Å²) in [6.45, 7) is 0.268. The first-order valence-corrected chi connectivity index (χ1v) is 7.06. The molecule has 0 amide bonds. The average Bonchev–Trinajstić information content (AvgIpc) is 2.53. The third kappa shape index (κ3) is 3.55. The molecule has 0 aliphatic rings. The van der Waals surface area contributed by atoms with Gasteiger partial charge in [-0.2, -0.15) is 0 Å². The second-order valence-electron chi connectivity index (χ2n) is 4.25. The number of carbonyl (C=O) groups excluding carboxylic acids is 1. The summed E-state index contributed by atoms with van der Waals surface area (Å²) in [6.07, 6.45) is 0.794. The Balaban J connectivity index is 2.26. The topological polar surface area (TPSA) is 44.8 Å². The van der Waals surface area contributed by atoms with Gasteiger partial charge in [0.15, 0.2) is 11.5 Å².